The normalized spacial score (nSPS) is 26.8. The van der Waals surface area contributed by atoms with Crippen molar-refractivity contribution < 1.29 is 27.5 Å². The number of nitrogens with zero attached hydrogens (tertiary/aromatic N) is 2. The smallest absolute Gasteiger partial charge is 0.264 e. The highest BCUT2D eigenvalue weighted by atomic mass is 32.2. The molecule has 1 N–H and O–H groups in total. The van der Waals surface area contributed by atoms with Crippen LogP contribution >= 0.6 is 0 Å². The third-order valence-corrected chi connectivity index (χ3v) is 13.3. The van der Waals surface area contributed by atoms with E-state index >= 15 is 4.79 Å². The Morgan fingerprint density at radius 1 is 1.00 bits per heavy atom. The van der Waals surface area contributed by atoms with Crippen LogP contribution in [-0.2, 0) is 26.1 Å². The second-order valence-electron chi connectivity index (χ2n) is 15.4. The van der Waals surface area contributed by atoms with Gasteiger partial charge < -0.3 is 18.9 Å². The van der Waals surface area contributed by atoms with Crippen molar-refractivity contribution in [1.29, 1.82) is 0 Å². The number of piperidine rings is 1. The van der Waals surface area contributed by atoms with Crippen molar-refractivity contribution in [2.45, 2.75) is 102 Å². The predicted molar refractivity (Wildman–Crippen MR) is 185 cm³/mol. The molecule has 0 radical (unpaired) electrons. The largest absolute Gasteiger partial charge is 0.497 e. The number of amides is 2. The molecule has 256 valence electrons. The molecule has 5 aliphatic rings. The highest BCUT2D eigenvalue weighted by Gasteiger charge is 2.65. The summed E-state index contributed by atoms with van der Waals surface area (Å²) in [4.78, 5) is 30.7. The Hall–Kier alpha value is -3.37. The van der Waals surface area contributed by atoms with Crippen LogP contribution in [0.5, 0.6) is 5.75 Å². The molecule has 0 spiro atoms. The Kier molecular flexibility index (Phi) is 7.90. The highest BCUT2D eigenvalue weighted by Crippen LogP contribution is 2.66. The lowest BCUT2D eigenvalue weighted by Gasteiger charge is -2.47. The van der Waals surface area contributed by atoms with Crippen LogP contribution in [0.25, 0.3) is 22.2 Å². The van der Waals surface area contributed by atoms with E-state index in [4.69, 9.17) is 9.47 Å². The highest BCUT2D eigenvalue weighted by molar-refractivity contribution is 7.90. The van der Waals surface area contributed by atoms with Crippen molar-refractivity contribution in [3.8, 4) is 17.0 Å². The molecular formula is C38H47N3O6S. The van der Waals surface area contributed by atoms with Gasteiger partial charge in [0.25, 0.3) is 5.91 Å². The van der Waals surface area contributed by atoms with Crippen LogP contribution in [0, 0.1) is 11.3 Å². The van der Waals surface area contributed by atoms with Crippen molar-refractivity contribution in [1.82, 2.24) is 14.2 Å². The van der Waals surface area contributed by atoms with Crippen LogP contribution in [-0.4, -0.2) is 67.9 Å². The summed E-state index contributed by atoms with van der Waals surface area (Å²) in [6, 6.07) is 12.2. The number of nitrogens with one attached hydrogen (secondary N) is 1. The number of rotatable bonds is 7. The fourth-order valence-electron chi connectivity index (χ4n) is 9.52. The molecule has 3 unspecified atom stereocenters. The molecule has 2 aliphatic carbocycles. The number of ether oxygens (including phenoxy) is 2. The predicted octanol–water partition coefficient (Wildman–Crippen LogP) is 6.35. The SMILES string of the molecule is COc1ccc2c(c1)C1CC1(C(=O)N1C3CCC[C@H]1COC3)Cn1c-2c(C2CCCCC2)c2ccc(C(=O)NS(=O)(=O)CC(C)C)cc21. The Morgan fingerprint density at radius 2 is 1.75 bits per heavy atom. The van der Waals surface area contributed by atoms with E-state index in [0.717, 1.165) is 72.0 Å². The first-order valence-electron chi connectivity index (χ1n) is 17.9. The minimum atomic E-state index is -3.78. The molecule has 3 aromatic rings. The summed E-state index contributed by atoms with van der Waals surface area (Å²) in [6.07, 6.45) is 9.58. The fourth-order valence-corrected chi connectivity index (χ4v) is 10.9. The molecule has 4 atom stereocenters. The van der Waals surface area contributed by atoms with Gasteiger partial charge in [0.1, 0.15) is 5.75 Å². The summed E-state index contributed by atoms with van der Waals surface area (Å²) in [6.45, 7) is 5.33. The molecule has 1 aromatic heterocycles. The van der Waals surface area contributed by atoms with Gasteiger partial charge in [0.05, 0.1) is 49.3 Å². The second-order valence-corrected chi connectivity index (χ2v) is 17.1. The number of sulfonamides is 1. The molecule has 4 fully saturated rings. The van der Waals surface area contributed by atoms with Crippen molar-refractivity contribution >= 4 is 32.7 Å². The van der Waals surface area contributed by atoms with Crippen LogP contribution < -0.4 is 9.46 Å². The standard InChI is InChI=1S/C38H47N3O6S/c1-23(2)21-48(44,45)39-36(42)25-12-14-30-33(16-25)40-22-38(37(43)41-26-10-7-11-27(41)20-47-19-26)18-32(38)31-17-28(46-3)13-15-29(31)35(40)34(30)24-8-5-4-6-9-24/h12-17,23-24,26-27,32H,4-11,18-22H2,1-3H3,(H,39,42)/t26-,27?,32?,38?/m0/s1. The lowest BCUT2D eigenvalue weighted by Crippen LogP contribution is -2.59. The minimum Gasteiger partial charge on any atom is -0.497 e. The first-order chi connectivity index (χ1) is 23.1. The fraction of sp³-hybridized carbons (Fsp3) is 0.579. The number of morpholine rings is 1. The summed E-state index contributed by atoms with van der Waals surface area (Å²) in [7, 11) is -2.09. The van der Waals surface area contributed by atoms with Crippen molar-refractivity contribution in [3.05, 3.63) is 53.1 Å². The van der Waals surface area contributed by atoms with E-state index in [9.17, 15) is 13.2 Å². The van der Waals surface area contributed by atoms with Gasteiger partial charge in [-0.05, 0) is 91.8 Å². The Balaban J connectivity index is 1.31. The molecule has 2 saturated heterocycles. The Labute approximate surface area is 283 Å². The molecule has 2 amide bonds. The molecule has 2 aromatic carbocycles. The number of carbonyl (C=O) groups is 2. The molecule has 9 nitrogen and oxygen atoms in total. The van der Waals surface area contributed by atoms with E-state index in [1.165, 1.54) is 24.8 Å². The maximum absolute atomic E-state index is 15.0. The van der Waals surface area contributed by atoms with Gasteiger partial charge in [-0.1, -0.05) is 39.2 Å². The Bertz CT molecular complexity index is 1870. The quantitative estimate of drug-likeness (QED) is 0.314. The van der Waals surface area contributed by atoms with E-state index in [1.54, 1.807) is 13.2 Å². The second kappa shape index (κ2) is 11.9. The van der Waals surface area contributed by atoms with Crippen molar-refractivity contribution in [3.63, 3.8) is 0 Å². The van der Waals surface area contributed by atoms with Crippen LogP contribution in [0.3, 0.4) is 0 Å². The van der Waals surface area contributed by atoms with Crippen LogP contribution in [0.4, 0.5) is 0 Å². The zero-order valence-electron chi connectivity index (χ0n) is 28.3. The van der Waals surface area contributed by atoms with Gasteiger partial charge in [-0.25, -0.2) is 13.1 Å². The first-order valence-corrected chi connectivity index (χ1v) is 19.5. The molecule has 4 heterocycles. The van der Waals surface area contributed by atoms with Gasteiger partial charge in [-0.15, -0.1) is 0 Å². The number of hydrogen-bond donors (Lipinski definition) is 1. The third-order valence-electron chi connectivity index (χ3n) is 11.7. The summed E-state index contributed by atoms with van der Waals surface area (Å²) >= 11 is 0. The van der Waals surface area contributed by atoms with Crippen molar-refractivity contribution in [2.75, 3.05) is 26.1 Å². The lowest BCUT2D eigenvalue weighted by atomic mass is 9.81. The molecule has 48 heavy (non-hydrogen) atoms. The van der Waals surface area contributed by atoms with E-state index in [1.807, 2.05) is 32.0 Å². The summed E-state index contributed by atoms with van der Waals surface area (Å²) < 4.78 is 41.8. The number of hydrogen-bond acceptors (Lipinski definition) is 6. The number of benzene rings is 2. The molecule has 8 rings (SSSR count). The molecule has 2 saturated carbocycles. The molecule has 10 heteroatoms. The van der Waals surface area contributed by atoms with Gasteiger partial charge in [-0.2, -0.15) is 0 Å². The summed E-state index contributed by atoms with van der Waals surface area (Å²) in [5.74, 6) is 0.573. The first kappa shape index (κ1) is 31.9. The zero-order valence-corrected chi connectivity index (χ0v) is 29.1. The third kappa shape index (κ3) is 5.25. The van der Waals surface area contributed by atoms with E-state index in [0.29, 0.717) is 31.2 Å². The van der Waals surface area contributed by atoms with Gasteiger partial charge >= 0.3 is 0 Å². The van der Waals surface area contributed by atoms with E-state index in [2.05, 4.69) is 26.3 Å². The van der Waals surface area contributed by atoms with Gasteiger partial charge in [0.2, 0.25) is 15.9 Å². The van der Waals surface area contributed by atoms with Gasteiger partial charge in [-0.3, -0.25) is 9.59 Å². The van der Waals surface area contributed by atoms with Gasteiger partial charge in [0, 0.05) is 34.5 Å². The summed E-state index contributed by atoms with van der Waals surface area (Å²) in [5, 5.41) is 1.09. The maximum Gasteiger partial charge on any atom is 0.264 e. The Morgan fingerprint density at radius 3 is 2.46 bits per heavy atom. The number of carbonyl (C=O) groups excluding carboxylic acids is 2. The monoisotopic (exact) mass is 673 g/mol. The lowest BCUT2D eigenvalue weighted by molar-refractivity contribution is -0.157. The topological polar surface area (TPSA) is 107 Å². The molecule has 3 aliphatic heterocycles. The molecule has 2 bridgehead atoms. The van der Waals surface area contributed by atoms with E-state index in [-0.39, 0.29) is 35.6 Å². The van der Waals surface area contributed by atoms with Gasteiger partial charge in [0.15, 0.2) is 0 Å². The minimum absolute atomic E-state index is 0.0560. The maximum atomic E-state index is 15.0. The average Bonchev–Trinajstić information content (AvgIpc) is 3.73. The van der Waals surface area contributed by atoms with Crippen LogP contribution in [0.15, 0.2) is 36.4 Å². The average molecular weight is 674 g/mol. The number of aromatic nitrogens is 1. The zero-order chi connectivity index (χ0) is 33.4. The summed E-state index contributed by atoms with van der Waals surface area (Å²) in [5.41, 5.74) is 5.31. The number of methoxy groups -OCH3 is 1. The van der Waals surface area contributed by atoms with Crippen molar-refractivity contribution in [2.24, 2.45) is 11.3 Å². The van der Waals surface area contributed by atoms with E-state index < -0.39 is 21.3 Å². The van der Waals surface area contributed by atoms with Crippen LogP contribution in [0.2, 0.25) is 0 Å². The van der Waals surface area contributed by atoms with Crippen LogP contribution in [0.1, 0.15) is 105 Å². The molecular weight excluding hydrogens is 627 g/mol. The number of fused-ring (bicyclic) bond motifs is 9.